The van der Waals surface area contributed by atoms with E-state index in [2.05, 4.69) is 29.2 Å². The van der Waals surface area contributed by atoms with E-state index in [0.29, 0.717) is 36.0 Å². The number of ether oxygens (including phenoxy) is 1. The number of hydrogen-bond donors (Lipinski definition) is 1. The number of carbonyl (C=O) groups is 1. The molecule has 31 heavy (non-hydrogen) atoms. The molecular weight excluding hydrogens is 415 g/mol. The molecule has 0 atom stereocenters. The van der Waals surface area contributed by atoms with E-state index in [1.807, 2.05) is 29.6 Å². The van der Waals surface area contributed by atoms with Gasteiger partial charge in [0.25, 0.3) is 5.91 Å². The number of halogens is 1. The second-order valence-electron chi connectivity index (χ2n) is 7.48. The molecule has 0 saturated heterocycles. The molecule has 1 N–H and O–H groups in total. The first kappa shape index (κ1) is 21.0. The van der Waals surface area contributed by atoms with E-state index in [-0.39, 0.29) is 18.3 Å². The van der Waals surface area contributed by atoms with Crippen LogP contribution in [0.4, 0.5) is 4.39 Å². The second kappa shape index (κ2) is 9.26. The van der Waals surface area contributed by atoms with Crippen LogP contribution in [-0.4, -0.2) is 33.7 Å². The fraction of sp³-hybridized carbons (Fsp3) is 0.261. The maximum absolute atomic E-state index is 13.5. The Hall–Kier alpha value is -3.26. The topological polar surface area (TPSA) is 68.5 Å². The maximum Gasteiger partial charge on any atom is 0.257 e. The minimum atomic E-state index is -0.323. The van der Waals surface area contributed by atoms with Crippen molar-refractivity contribution in [2.45, 2.75) is 26.2 Å². The first-order valence-corrected chi connectivity index (χ1v) is 11.0. The van der Waals surface area contributed by atoms with Crippen molar-refractivity contribution in [2.24, 2.45) is 0 Å². The van der Waals surface area contributed by atoms with Gasteiger partial charge in [0.1, 0.15) is 11.6 Å². The molecule has 0 aliphatic heterocycles. The van der Waals surface area contributed by atoms with Crippen LogP contribution in [0.25, 0.3) is 16.3 Å². The Balaban J connectivity index is 1.29. The van der Waals surface area contributed by atoms with Gasteiger partial charge in [0.15, 0.2) is 12.4 Å². The summed E-state index contributed by atoms with van der Waals surface area (Å²) in [6.07, 6.45) is 0.598. The quantitative estimate of drug-likeness (QED) is 0.441. The van der Waals surface area contributed by atoms with Crippen molar-refractivity contribution >= 4 is 22.2 Å². The van der Waals surface area contributed by atoms with Gasteiger partial charge in [-0.15, -0.1) is 16.4 Å². The zero-order valence-electron chi connectivity index (χ0n) is 17.3. The van der Waals surface area contributed by atoms with Gasteiger partial charge in [0, 0.05) is 23.9 Å². The third kappa shape index (κ3) is 5.08. The summed E-state index contributed by atoms with van der Waals surface area (Å²) in [4.78, 5) is 17.3. The number of rotatable bonds is 8. The average molecular weight is 439 g/mol. The van der Waals surface area contributed by atoms with Crippen molar-refractivity contribution in [3.8, 4) is 17.1 Å². The summed E-state index contributed by atoms with van der Waals surface area (Å²) in [7, 11) is 0. The lowest BCUT2D eigenvalue weighted by atomic mass is 10.0. The molecule has 2 aromatic carbocycles. The summed E-state index contributed by atoms with van der Waals surface area (Å²) in [6.45, 7) is 4.68. The number of hydrogen-bond acceptors (Lipinski definition) is 5. The van der Waals surface area contributed by atoms with Gasteiger partial charge in [0.05, 0.1) is 5.69 Å². The molecule has 4 aromatic rings. The summed E-state index contributed by atoms with van der Waals surface area (Å²) in [5.74, 6) is 1.10. The number of nitrogens with one attached hydrogen (secondary N) is 1. The third-order valence-corrected chi connectivity index (χ3v) is 5.72. The number of fused-ring (bicyclic) bond motifs is 1. The average Bonchev–Trinajstić information content (AvgIpc) is 3.34. The minimum Gasteiger partial charge on any atom is -0.484 e. The predicted octanol–water partition coefficient (Wildman–Crippen LogP) is 4.46. The Morgan fingerprint density at radius 3 is 2.77 bits per heavy atom. The number of aromatic nitrogens is 3. The van der Waals surface area contributed by atoms with Crippen molar-refractivity contribution in [3.63, 3.8) is 0 Å². The van der Waals surface area contributed by atoms with Crippen LogP contribution in [0.15, 0.2) is 53.9 Å². The lowest BCUT2D eigenvalue weighted by Gasteiger charge is -2.09. The van der Waals surface area contributed by atoms with Gasteiger partial charge in [-0.05, 0) is 35.7 Å². The van der Waals surface area contributed by atoms with Gasteiger partial charge in [-0.3, -0.25) is 4.79 Å². The summed E-state index contributed by atoms with van der Waals surface area (Å²) in [5, 5.41) is 9.31. The van der Waals surface area contributed by atoms with Crippen LogP contribution in [0.1, 0.15) is 31.0 Å². The highest BCUT2D eigenvalue weighted by atomic mass is 32.1. The number of thiazole rings is 1. The number of nitrogens with zero attached hydrogens (tertiary/aromatic N) is 3. The van der Waals surface area contributed by atoms with Crippen molar-refractivity contribution < 1.29 is 13.9 Å². The summed E-state index contributed by atoms with van der Waals surface area (Å²) < 4.78 is 20.8. The number of carbonyl (C=O) groups excluding carboxylic acids is 1. The molecule has 6 nitrogen and oxygen atoms in total. The maximum atomic E-state index is 13.5. The Kier molecular flexibility index (Phi) is 6.27. The zero-order valence-corrected chi connectivity index (χ0v) is 18.2. The Labute approximate surface area is 183 Å². The lowest BCUT2D eigenvalue weighted by Crippen LogP contribution is -2.30. The summed E-state index contributed by atoms with van der Waals surface area (Å²) in [6, 6.07) is 14.0. The van der Waals surface area contributed by atoms with Crippen LogP contribution in [0, 0.1) is 5.82 Å². The Bertz CT molecular complexity index is 1180. The van der Waals surface area contributed by atoms with E-state index < -0.39 is 0 Å². The second-order valence-corrected chi connectivity index (χ2v) is 8.32. The van der Waals surface area contributed by atoms with Crippen LogP contribution in [0.2, 0.25) is 0 Å². The van der Waals surface area contributed by atoms with E-state index >= 15 is 0 Å². The molecular formula is C23H23FN4O2S. The van der Waals surface area contributed by atoms with Gasteiger partial charge >= 0.3 is 0 Å². The highest BCUT2D eigenvalue weighted by molar-refractivity contribution is 7.15. The van der Waals surface area contributed by atoms with Crippen molar-refractivity contribution in [1.29, 1.82) is 0 Å². The monoisotopic (exact) mass is 438 g/mol. The molecule has 0 radical (unpaired) electrons. The molecule has 0 aliphatic carbocycles. The van der Waals surface area contributed by atoms with E-state index in [9.17, 15) is 9.18 Å². The Morgan fingerprint density at radius 1 is 1.23 bits per heavy atom. The van der Waals surface area contributed by atoms with Crippen molar-refractivity contribution in [2.75, 3.05) is 13.2 Å². The fourth-order valence-corrected chi connectivity index (χ4v) is 3.98. The lowest BCUT2D eigenvalue weighted by molar-refractivity contribution is -0.123. The van der Waals surface area contributed by atoms with Crippen LogP contribution < -0.4 is 10.1 Å². The SMILES string of the molecule is CC(C)c1ccc(OCC(=O)NCCc2csc3nc(-c4cccc(F)c4)nn23)cc1. The summed E-state index contributed by atoms with van der Waals surface area (Å²) in [5.41, 5.74) is 2.79. The highest BCUT2D eigenvalue weighted by Gasteiger charge is 2.12. The van der Waals surface area contributed by atoms with Crippen molar-refractivity contribution in [3.05, 3.63) is 71.0 Å². The van der Waals surface area contributed by atoms with E-state index in [1.54, 1.807) is 16.6 Å². The number of benzene rings is 2. The van der Waals surface area contributed by atoms with Gasteiger partial charge < -0.3 is 10.1 Å². The van der Waals surface area contributed by atoms with Crippen LogP contribution >= 0.6 is 11.3 Å². The predicted molar refractivity (Wildman–Crippen MR) is 119 cm³/mol. The molecule has 0 spiro atoms. The highest BCUT2D eigenvalue weighted by Crippen LogP contribution is 2.22. The molecule has 1 amide bonds. The number of amides is 1. The molecule has 0 bridgehead atoms. The van der Waals surface area contributed by atoms with Gasteiger partial charge in [-0.25, -0.2) is 8.91 Å². The molecule has 4 rings (SSSR count). The standard InChI is InChI=1S/C23H23FN4O2S/c1-15(2)16-6-8-20(9-7-16)30-13-21(29)25-11-10-19-14-31-23-26-22(27-28(19)23)17-4-3-5-18(24)12-17/h3-9,12,14-15H,10-11,13H2,1-2H3,(H,25,29). The first-order chi connectivity index (χ1) is 15.0. The van der Waals surface area contributed by atoms with E-state index in [0.717, 1.165) is 10.7 Å². The first-order valence-electron chi connectivity index (χ1n) is 10.1. The minimum absolute atomic E-state index is 0.0346. The van der Waals surface area contributed by atoms with Crippen LogP contribution in [0.5, 0.6) is 5.75 Å². The van der Waals surface area contributed by atoms with Crippen LogP contribution in [0.3, 0.4) is 0 Å². The fourth-order valence-electron chi connectivity index (χ4n) is 3.13. The molecule has 0 aliphatic rings. The van der Waals surface area contributed by atoms with Crippen LogP contribution in [-0.2, 0) is 11.2 Å². The molecule has 0 saturated carbocycles. The van der Waals surface area contributed by atoms with E-state index in [1.165, 1.54) is 29.0 Å². The molecule has 2 aromatic heterocycles. The normalized spacial score (nSPS) is 11.2. The molecule has 8 heteroatoms. The smallest absolute Gasteiger partial charge is 0.257 e. The summed E-state index contributed by atoms with van der Waals surface area (Å²) >= 11 is 1.46. The molecule has 0 fully saturated rings. The van der Waals surface area contributed by atoms with Gasteiger partial charge in [-0.1, -0.05) is 38.1 Å². The Morgan fingerprint density at radius 2 is 2.03 bits per heavy atom. The largest absolute Gasteiger partial charge is 0.484 e. The third-order valence-electron chi connectivity index (χ3n) is 4.85. The molecule has 2 heterocycles. The molecule has 0 unspecified atom stereocenters. The van der Waals surface area contributed by atoms with E-state index in [4.69, 9.17) is 4.74 Å². The zero-order chi connectivity index (χ0) is 21.8. The molecule has 160 valence electrons. The van der Waals surface area contributed by atoms with Gasteiger partial charge in [0.2, 0.25) is 4.96 Å². The van der Waals surface area contributed by atoms with Gasteiger partial charge in [-0.2, -0.15) is 4.98 Å². The van der Waals surface area contributed by atoms with Crippen molar-refractivity contribution in [1.82, 2.24) is 19.9 Å².